The molecule has 0 N–H and O–H groups in total. The van der Waals surface area contributed by atoms with E-state index in [1.54, 1.807) is 12.1 Å². The van der Waals surface area contributed by atoms with Crippen LogP contribution in [-0.4, -0.2) is 32.1 Å². The Morgan fingerprint density at radius 1 is 1.22 bits per heavy atom. The Morgan fingerprint density at radius 2 is 1.89 bits per heavy atom. The molecule has 1 atom stereocenters. The monoisotopic (exact) mass is 271 g/mol. The highest BCUT2D eigenvalue weighted by molar-refractivity contribution is 7.88. The molecule has 1 heterocycles. The second-order valence-electron chi connectivity index (χ2n) is 4.87. The van der Waals surface area contributed by atoms with Gasteiger partial charge < -0.3 is 0 Å². The third-order valence-corrected chi connectivity index (χ3v) is 4.71. The van der Waals surface area contributed by atoms with Gasteiger partial charge in [-0.05, 0) is 36.5 Å². The molecule has 2 rings (SSSR count). The molecule has 100 valence electrons. The third-order valence-electron chi connectivity index (χ3n) is 3.44. The van der Waals surface area contributed by atoms with Crippen LogP contribution in [0.2, 0.25) is 0 Å². The van der Waals surface area contributed by atoms with Gasteiger partial charge in [-0.2, -0.15) is 0 Å². The van der Waals surface area contributed by atoms with E-state index < -0.39 is 10.0 Å². The van der Waals surface area contributed by atoms with Crippen molar-refractivity contribution in [3.05, 3.63) is 35.6 Å². The molecule has 0 radical (unpaired) electrons. The SMILES string of the molecule is CS(=O)(=O)N1CCCC[C@H](c2ccc(F)cc2)C1. The molecule has 0 unspecified atom stereocenters. The van der Waals surface area contributed by atoms with Crippen molar-refractivity contribution >= 4 is 10.0 Å². The minimum atomic E-state index is -3.14. The Hall–Kier alpha value is -0.940. The summed E-state index contributed by atoms with van der Waals surface area (Å²) in [4.78, 5) is 0. The first-order valence-corrected chi connectivity index (χ1v) is 8.02. The summed E-state index contributed by atoms with van der Waals surface area (Å²) in [6.45, 7) is 1.10. The summed E-state index contributed by atoms with van der Waals surface area (Å²) in [6.07, 6.45) is 4.11. The van der Waals surface area contributed by atoms with Crippen LogP contribution in [0.3, 0.4) is 0 Å². The maximum Gasteiger partial charge on any atom is 0.211 e. The van der Waals surface area contributed by atoms with Crippen LogP contribution >= 0.6 is 0 Å². The Labute approximate surface area is 108 Å². The van der Waals surface area contributed by atoms with Crippen molar-refractivity contribution in [1.82, 2.24) is 4.31 Å². The first kappa shape index (κ1) is 13.5. The molecule has 1 aliphatic heterocycles. The molecule has 0 bridgehead atoms. The fourth-order valence-electron chi connectivity index (χ4n) is 2.42. The van der Waals surface area contributed by atoms with E-state index in [1.165, 1.54) is 22.7 Å². The summed E-state index contributed by atoms with van der Waals surface area (Å²) in [7, 11) is -3.14. The molecule has 1 fully saturated rings. The second kappa shape index (κ2) is 5.36. The normalized spacial score (nSPS) is 22.7. The van der Waals surface area contributed by atoms with E-state index >= 15 is 0 Å². The van der Waals surface area contributed by atoms with Gasteiger partial charge >= 0.3 is 0 Å². The molecule has 1 aromatic rings. The molecule has 1 aromatic carbocycles. The molecule has 3 nitrogen and oxygen atoms in total. The zero-order valence-electron chi connectivity index (χ0n) is 10.5. The van der Waals surface area contributed by atoms with Crippen molar-refractivity contribution in [3.8, 4) is 0 Å². The summed E-state index contributed by atoms with van der Waals surface area (Å²) < 4.78 is 37.7. The molecule has 0 aromatic heterocycles. The Morgan fingerprint density at radius 3 is 2.50 bits per heavy atom. The zero-order valence-corrected chi connectivity index (χ0v) is 11.3. The van der Waals surface area contributed by atoms with Gasteiger partial charge in [0.25, 0.3) is 0 Å². The van der Waals surface area contributed by atoms with Gasteiger partial charge in [0.2, 0.25) is 10.0 Å². The average molecular weight is 271 g/mol. The van der Waals surface area contributed by atoms with Crippen molar-refractivity contribution in [2.75, 3.05) is 19.3 Å². The number of sulfonamides is 1. The van der Waals surface area contributed by atoms with Crippen molar-refractivity contribution in [3.63, 3.8) is 0 Å². The largest absolute Gasteiger partial charge is 0.213 e. The van der Waals surface area contributed by atoms with E-state index in [9.17, 15) is 12.8 Å². The first-order valence-electron chi connectivity index (χ1n) is 6.17. The van der Waals surface area contributed by atoms with Crippen molar-refractivity contribution in [1.29, 1.82) is 0 Å². The standard InChI is InChI=1S/C13H18FNO2S/c1-18(16,17)15-9-3-2-4-12(10-15)11-5-7-13(14)8-6-11/h5-8,12H,2-4,9-10H2,1H3/t12-/m0/s1. The topological polar surface area (TPSA) is 37.4 Å². The van der Waals surface area contributed by atoms with Crippen LogP contribution < -0.4 is 0 Å². The molecule has 0 aliphatic carbocycles. The number of nitrogens with zero attached hydrogens (tertiary/aromatic N) is 1. The number of halogens is 1. The van der Waals surface area contributed by atoms with Crippen molar-refractivity contribution < 1.29 is 12.8 Å². The van der Waals surface area contributed by atoms with Gasteiger partial charge in [-0.1, -0.05) is 18.6 Å². The lowest BCUT2D eigenvalue weighted by Gasteiger charge is -2.22. The molecular formula is C13H18FNO2S. The van der Waals surface area contributed by atoms with Crippen LogP contribution in [0, 0.1) is 5.82 Å². The highest BCUT2D eigenvalue weighted by atomic mass is 32.2. The van der Waals surface area contributed by atoms with E-state index in [1.807, 2.05) is 0 Å². The molecule has 1 aliphatic rings. The second-order valence-corrected chi connectivity index (χ2v) is 6.85. The lowest BCUT2D eigenvalue weighted by Crippen LogP contribution is -2.33. The van der Waals surface area contributed by atoms with Gasteiger partial charge in [0.15, 0.2) is 0 Å². The van der Waals surface area contributed by atoms with E-state index in [2.05, 4.69) is 0 Å². The van der Waals surface area contributed by atoms with Gasteiger partial charge in [0.1, 0.15) is 5.82 Å². The summed E-state index contributed by atoms with van der Waals surface area (Å²) in [5.41, 5.74) is 1.02. The average Bonchev–Trinajstić information content (AvgIpc) is 2.55. The van der Waals surface area contributed by atoms with E-state index in [-0.39, 0.29) is 11.7 Å². The van der Waals surface area contributed by atoms with Crippen LogP contribution in [0.15, 0.2) is 24.3 Å². The summed E-state index contributed by atoms with van der Waals surface area (Å²) in [5.74, 6) is -0.0878. The fraction of sp³-hybridized carbons (Fsp3) is 0.538. The highest BCUT2D eigenvalue weighted by Crippen LogP contribution is 2.27. The maximum absolute atomic E-state index is 12.9. The number of rotatable bonds is 2. The predicted octanol–water partition coefficient (Wildman–Crippen LogP) is 2.35. The van der Waals surface area contributed by atoms with Gasteiger partial charge in [0, 0.05) is 13.1 Å². The minimum absolute atomic E-state index is 0.169. The van der Waals surface area contributed by atoms with Crippen LogP contribution in [0.25, 0.3) is 0 Å². The third kappa shape index (κ3) is 3.29. The lowest BCUT2D eigenvalue weighted by atomic mass is 9.95. The quantitative estimate of drug-likeness (QED) is 0.828. The van der Waals surface area contributed by atoms with E-state index in [0.29, 0.717) is 13.1 Å². The molecule has 1 saturated heterocycles. The van der Waals surface area contributed by atoms with Gasteiger partial charge in [-0.15, -0.1) is 0 Å². The van der Waals surface area contributed by atoms with Gasteiger partial charge in [-0.3, -0.25) is 0 Å². The molecule has 0 spiro atoms. The molecule has 5 heteroatoms. The van der Waals surface area contributed by atoms with E-state index in [0.717, 1.165) is 24.8 Å². The first-order chi connectivity index (χ1) is 8.47. The van der Waals surface area contributed by atoms with E-state index in [4.69, 9.17) is 0 Å². The smallest absolute Gasteiger partial charge is 0.211 e. The maximum atomic E-state index is 12.9. The summed E-state index contributed by atoms with van der Waals surface area (Å²) in [6, 6.07) is 6.38. The van der Waals surface area contributed by atoms with Crippen molar-refractivity contribution in [2.45, 2.75) is 25.2 Å². The zero-order chi connectivity index (χ0) is 13.2. The van der Waals surface area contributed by atoms with Crippen LogP contribution in [0.5, 0.6) is 0 Å². The Bertz CT molecular complexity index is 498. The molecular weight excluding hydrogens is 253 g/mol. The van der Waals surface area contributed by atoms with Crippen LogP contribution in [-0.2, 0) is 10.0 Å². The lowest BCUT2D eigenvalue weighted by molar-refractivity contribution is 0.410. The summed E-state index contributed by atoms with van der Waals surface area (Å²) >= 11 is 0. The predicted molar refractivity (Wildman–Crippen MR) is 69.4 cm³/mol. The molecule has 0 saturated carbocycles. The fourth-order valence-corrected chi connectivity index (χ4v) is 3.33. The molecule has 18 heavy (non-hydrogen) atoms. The number of hydrogen-bond acceptors (Lipinski definition) is 2. The number of benzene rings is 1. The molecule has 0 amide bonds. The number of hydrogen-bond donors (Lipinski definition) is 0. The van der Waals surface area contributed by atoms with Crippen LogP contribution in [0.1, 0.15) is 30.7 Å². The Kier molecular flexibility index (Phi) is 4.02. The van der Waals surface area contributed by atoms with Gasteiger partial charge in [-0.25, -0.2) is 17.1 Å². The Balaban J connectivity index is 2.19. The van der Waals surface area contributed by atoms with Crippen molar-refractivity contribution in [2.24, 2.45) is 0 Å². The summed E-state index contributed by atoms with van der Waals surface area (Å²) in [5, 5.41) is 0. The van der Waals surface area contributed by atoms with Gasteiger partial charge in [0.05, 0.1) is 6.26 Å². The highest BCUT2D eigenvalue weighted by Gasteiger charge is 2.25. The van der Waals surface area contributed by atoms with Crippen LogP contribution in [0.4, 0.5) is 4.39 Å². The minimum Gasteiger partial charge on any atom is -0.213 e.